The Morgan fingerprint density at radius 3 is 2.32 bits per heavy atom. The van der Waals surface area contributed by atoms with Crippen LogP contribution in [0.3, 0.4) is 0 Å². The second-order valence-electron chi connectivity index (χ2n) is 3.34. The summed E-state index contributed by atoms with van der Waals surface area (Å²) in [5.74, 6) is -0.913. The molecule has 0 aliphatic carbocycles. The minimum Gasteiger partial charge on any atom is -0.481 e. The highest BCUT2D eigenvalue weighted by Crippen LogP contribution is 2.35. The number of nitrogens with one attached hydrogen (secondary N) is 1. The second-order valence-corrected chi connectivity index (χ2v) is 4.59. The molecular formula is C11H10Cl3NO4. The van der Waals surface area contributed by atoms with Crippen molar-refractivity contribution in [3.8, 4) is 5.75 Å². The molecule has 0 radical (unpaired) electrons. The number of halogens is 3. The molecule has 0 aliphatic rings. The zero-order chi connectivity index (χ0) is 14.4. The highest BCUT2D eigenvalue weighted by Gasteiger charge is 2.12. The summed E-state index contributed by atoms with van der Waals surface area (Å²) in [7, 11) is 1.22. The first-order chi connectivity index (χ1) is 8.93. The first-order valence-electron chi connectivity index (χ1n) is 5.05. The number of carbonyl (C=O) groups excluding carboxylic acids is 2. The van der Waals surface area contributed by atoms with E-state index >= 15 is 0 Å². The summed E-state index contributed by atoms with van der Waals surface area (Å²) >= 11 is 17.5. The maximum atomic E-state index is 11.4. The van der Waals surface area contributed by atoms with Crippen LogP contribution in [-0.4, -0.2) is 32.1 Å². The molecule has 0 aromatic heterocycles. The van der Waals surface area contributed by atoms with Crippen molar-refractivity contribution >= 4 is 46.7 Å². The fourth-order valence-corrected chi connectivity index (χ4v) is 2.02. The van der Waals surface area contributed by atoms with Gasteiger partial charge in [0, 0.05) is 5.02 Å². The van der Waals surface area contributed by atoms with E-state index in [1.807, 2.05) is 0 Å². The van der Waals surface area contributed by atoms with Crippen molar-refractivity contribution in [2.75, 3.05) is 20.3 Å². The Labute approximate surface area is 124 Å². The van der Waals surface area contributed by atoms with Gasteiger partial charge in [0.1, 0.15) is 6.54 Å². The SMILES string of the molecule is COC(=O)CNC(=O)COc1c(Cl)cc(Cl)cc1Cl. The van der Waals surface area contributed by atoms with Crippen LogP contribution in [0.25, 0.3) is 0 Å². The number of hydrogen-bond acceptors (Lipinski definition) is 4. The lowest BCUT2D eigenvalue weighted by molar-refractivity contribution is -0.141. The summed E-state index contributed by atoms with van der Waals surface area (Å²) in [5.41, 5.74) is 0. The van der Waals surface area contributed by atoms with E-state index in [9.17, 15) is 9.59 Å². The van der Waals surface area contributed by atoms with E-state index < -0.39 is 11.9 Å². The molecule has 1 rings (SSSR count). The van der Waals surface area contributed by atoms with E-state index in [0.29, 0.717) is 5.02 Å². The van der Waals surface area contributed by atoms with Gasteiger partial charge in [0.05, 0.1) is 17.2 Å². The van der Waals surface area contributed by atoms with E-state index in [2.05, 4.69) is 10.1 Å². The first-order valence-corrected chi connectivity index (χ1v) is 6.18. The van der Waals surface area contributed by atoms with Crippen LogP contribution in [0.2, 0.25) is 15.1 Å². The number of amides is 1. The standard InChI is InChI=1S/C11H10Cl3NO4/c1-18-10(17)4-15-9(16)5-19-11-7(13)2-6(12)3-8(11)14/h2-3H,4-5H2,1H3,(H,15,16). The molecule has 104 valence electrons. The van der Waals surface area contributed by atoms with Gasteiger partial charge in [-0.05, 0) is 12.1 Å². The third-order valence-electron chi connectivity index (χ3n) is 1.97. The molecule has 0 atom stereocenters. The number of esters is 1. The third-order valence-corrected chi connectivity index (χ3v) is 2.75. The van der Waals surface area contributed by atoms with E-state index in [-0.39, 0.29) is 28.9 Å². The molecule has 0 unspecified atom stereocenters. The van der Waals surface area contributed by atoms with Gasteiger partial charge in [0.15, 0.2) is 12.4 Å². The van der Waals surface area contributed by atoms with Crippen LogP contribution in [0, 0.1) is 0 Å². The molecule has 1 amide bonds. The van der Waals surface area contributed by atoms with Crippen molar-refractivity contribution in [1.29, 1.82) is 0 Å². The van der Waals surface area contributed by atoms with Crippen molar-refractivity contribution in [3.05, 3.63) is 27.2 Å². The minimum absolute atomic E-state index is 0.154. The normalized spacial score (nSPS) is 9.89. The molecule has 1 aromatic carbocycles. The highest BCUT2D eigenvalue weighted by molar-refractivity contribution is 6.40. The molecule has 0 fully saturated rings. The Morgan fingerprint density at radius 1 is 1.21 bits per heavy atom. The number of carbonyl (C=O) groups is 2. The van der Waals surface area contributed by atoms with Gasteiger partial charge in [-0.1, -0.05) is 34.8 Å². The van der Waals surface area contributed by atoms with E-state index in [1.165, 1.54) is 19.2 Å². The molecule has 1 aromatic rings. The van der Waals surface area contributed by atoms with E-state index in [0.717, 1.165) is 0 Å². The summed E-state index contributed by atoms with van der Waals surface area (Å²) in [6.07, 6.45) is 0. The van der Waals surface area contributed by atoms with E-state index in [1.54, 1.807) is 0 Å². The smallest absolute Gasteiger partial charge is 0.325 e. The predicted molar refractivity (Wildman–Crippen MR) is 72.0 cm³/mol. The van der Waals surface area contributed by atoms with Gasteiger partial charge in [-0.15, -0.1) is 0 Å². The van der Waals surface area contributed by atoms with Gasteiger partial charge in [-0.3, -0.25) is 9.59 Å². The zero-order valence-electron chi connectivity index (χ0n) is 9.84. The van der Waals surface area contributed by atoms with Crippen LogP contribution in [0.5, 0.6) is 5.75 Å². The first kappa shape index (κ1) is 15.9. The van der Waals surface area contributed by atoms with Gasteiger partial charge in [0.2, 0.25) is 0 Å². The Balaban J connectivity index is 2.53. The zero-order valence-corrected chi connectivity index (χ0v) is 12.1. The number of benzene rings is 1. The van der Waals surface area contributed by atoms with Crippen LogP contribution in [0.1, 0.15) is 0 Å². The van der Waals surface area contributed by atoms with Crippen molar-refractivity contribution < 1.29 is 19.1 Å². The largest absolute Gasteiger partial charge is 0.481 e. The van der Waals surface area contributed by atoms with Crippen molar-refractivity contribution in [2.24, 2.45) is 0 Å². The van der Waals surface area contributed by atoms with Gasteiger partial charge in [-0.2, -0.15) is 0 Å². The number of ether oxygens (including phenoxy) is 2. The maximum Gasteiger partial charge on any atom is 0.325 e. The molecule has 0 saturated carbocycles. The number of rotatable bonds is 5. The monoisotopic (exact) mass is 325 g/mol. The Kier molecular flexibility index (Phi) is 6.21. The lowest BCUT2D eigenvalue weighted by Crippen LogP contribution is -2.33. The quantitative estimate of drug-likeness (QED) is 0.843. The average molecular weight is 327 g/mol. The summed E-state index contributed by atoms with van der Waals surface area (Å²) in [5, 5.41) is 3.05. The summed E-state index contributed by atoms with van der Waals surface area (Å²) in [6, 6.07) is 2.88. The van der Waals surface area contributed by atoms with Gasteiger partial charge < -0.3 is 14.8 Å². The van der Waals surface area contributed by atoms with Gasteiger partial charge >= 0.3 is 5.97 Å². The van der Waals surface area contributed by atoms with Crippen LogP contribution < -0.4 is 10.1 Å². The lowest BCUT2D eigenvalue weighted by atomic mass is 10.3. The third kappa shape index (κ3) is 5.14. The van der Waals surface area contributed by atoms with Crippen molar-refractivity contribution in [2.45, 2.75) is 0 Å². The Hall–Kier alpha value is -1.17. The average Bonchev–Trinajstić information content (AvgIpc) is 2.34. The van der Waals surface area contributed by atoms with Crippen LogP contribution in [-0.2, 0) is 14.3 Å². The molecule has 0 saturated heterocycles. The molecule has 19 heavy (non-hydrogen) atoms. The molecule has 0 bridgehead atoms. The Morgan fingerprint density at radius 2 is 1.79 bits per heavy atom. The van der Waals surface area contributed by atoms with Crippen molar-refractivity contribution in [1.82, 2.24) is 5.32 Å². The molecule has 0 aliphatic heterocycles. The maximum absolute atomic E-state index is 11.4. The lowest BCUT2D eigenvalue weighted by Gasteiger charge is -2.10. The summed E-state index contributed by atoms with van der Waals surface area (Å²) in [6.45, 7) is -0.571. The van der Waals surface area contributed by atoms with Gasteiger partial charge in [0.25, 0.3) is 5.91 Å². The molecule has 5 nitrogen and oxygen atoms in total. The molecule has 8 heteroatoms. The fourth-order valence-electron chi connectivity index (χ4n) is 1.10. The predicted octanol–water partition coefficient (Wildman–Crippen LogP) is 2.31. The minimum atomic E-state index is -0.559. The topological polar surface area (TPSA) is 64.6 Å². The fraction of sp³-hybridized carbons (Fsp3) is 0.273. The molecule has 1 N–H and O–H groups in total. The number of hydrogen-bond donors (Lipinski definition) is 1. The van der Waals surface area contributed by atoms with Gasteiger partial charge in [-0.25, -0.2) is 0 Å². The molecule has 0 heterocycles. The number of methoxy groups -OCH3 is 1. The molecular weight excluding hydrogens is 316 g/mol. The van der Waals surface area contributed by atoms with Crippen LogP contribution >= 0.6 is 34.8 Å². The second kappa shape index (κ2) is 7.43. The van der Waals surface area contributed by atoms with Crippen LogP contribution in [0.15, 0.2) is 12.1 Å². The molecule has 0 spiro atoms. The van der Waals surface area contributed by atoms with E-state index in [4.69, 9.17) is 39.5 Å². The summed E-state index contributed by atoms with van der Waals surface area (Å²) < 4.78 is 9.53. The Bertz CT molecular complexity index is 470. The van der Waals surface area contributed by atoms with Crippen molar-refractivity contribution in [3.63, 3.8) is 0 Å². The summed E-state index contributed by atoms with van der Waals surface area (Å²) in [4.78, 5) is 22.2. The highest BCUT2D eigenvalue weighted by atomic mass is 35.5. The van der Waals surface area contributed by atoms with Crippen LogP contribution in [0.4, 0.5) is 0 Å².